The van der Waals surface area contributed by atoms with Crippen LogP contribution in [0.15, 0.2) is 18.2 Å². The van der Waals surface area contributed by atoms with E-state index in [9.17, 15) is 18.4 Å². The number of carbonyl (C=O) groups is 2. The normalized spacial score (nSPS) is 21.4. The molecule has 0 spiro atoms. The molecule has 1 aromatic carbocycles. The molecule has 1 fully saturated rings. The fourth-order valence-electron chi connectivity index (χ4n) is 2.40. The van der Waals surface area contributed by atoms with E-state index in [1.54, 1.807) is 6.92 Å². The van der Waals surface area contributed by atoms with Crippen molar-refractivity contribution in [2.45, 2.75) is 13.5 Å². The number of amides is 2. The van der Waals surface area contributed by atoms with Gasteiger partial charge in [-0.25, -0.2) is 13.6 Å². The molecule has 1 aliphatic heterocycles. The molecular weight excluding hydrogens is 282 g/mol. The lowest BCUT2D eigenvalue weighted by Gasteiger charge is -2.17. The van der Waals surface area contributed by atoms with Gasteiger partial charge < -0.3 is 15.3 Å². The van der Waals surface area contributed by atoms with Crippen molar-refractivity contribution in [2.24, 2.45) is 11.8 Å². The van der Waals surface area contributed by atoms with E-state index in [0.29, 0.717) is 6.54 Å². The Balaban J connectivity index is 1.92. The zero-order valence-corrected chi connectivity index (χ0v) is 11.5. The van der Waals surface area contributed by atoms with Crippen LogP contribution in [0.3, 0.4) is 0 Å². The Morgan fingerprint density at radius 1 is 1.38 bits per heavy atom. The Labute approximate surface area is 120 Å². The van der Waals surface area contributed by atoms with Gasteiger partial charge in [0.05, 0.1) is 5.92 Å². The first-order valence-electron chi connectivity index (χ1n) is 6.58. The van der Waals surface area contributed by atoms with Crippen LogP contribution in [0.2, 0.25) is 0 Å². The second-order valence-corrected chi connectivity index (χ2v) is 5.22. The van der Waals surface area contributed by atoms with Crippen molar-refractivity contribution in [3.63, 3.8) is 0 Å². The van der Waals surface area contributed by atoms with Gasteiger partial charge in [0, 0.05) is 31.3 Å². The smallest absolute Gasteiger partial charge is 0.317 e. The number of urea groups is 1. The first-order valence-corrected chi connectivity index (χ1v) is 6.58. The Morgan fingerprint density at radius 3 is 2.67 bits per heavy atom. The second-order valence-electron chi connectivity index (χ2n) is 5.22. The monoisotopic (exact) mass is 298 g/mol. The molecule has 0 saturated carbocycles. The Kier molecular flexibility index (Phi) is 4.40. The predicted molar refractivity (Wildman–Crippen MR) is 70.5 cm³/mol. The fraction of sp³-hybridized carbons (Fsp3) is 0.429. The van der Waals surface area contributed by atoms with Crippen LogP contribution >= 0.6 is 0 Å². The molecular formula is C14H16F2N2O3. The summed E-state index contributed by atoms with van der Waals surface area (Å²) in [6.07, 6.45) is 0. The number of carboxylic acid groups (broad SMARTS) is 1. The molecule has 0 radical (unpaired) electrons. The van der Waals surface area contributed by atoms with E-state index >= 15 is 0 Å². The highest BCUT2D eigenvalue weighted by Gasteiger charge is 2.36. The van der Waals surface area contributed by atoms with Crippen molar-refractivity contribution in [1.29, 1.82) is 0 Å². The summed E-state index contributed by atoms with van der Waals surface area (Å²) in [6.45, 7) is 2.17. The van der Waals surface area contributed by atoms with Crippen molar-refractivity contribution < 1.29 is 23.5 Å². The quantitative estimate of drug-likeness (QED) is 0.894. The molecule has 5 nitrogen and oxygen atoms in total. The molecule has 7 heteroatoms. The number of hydrogen-bond acceptors (Lipinski definition) is 2. The Bertz CT molecular complexity index is 565. The number of likely N-dealkylation sites (tertiary alicyclic amines) is 1. The standard InChI is InChI=1S/C14H16F2N2O3/c1-8-6-18(7-11(8)13(19)20)14(21)17-5-9-2-3-10(15)4-12(9)16/h2-4,8,11H,5-7H2,1H3,(H,17,21)(H,19,20). The first kappa shape index (κ1) is 15.2. The Hall–Kier alpha value is -2.18. The molecule has 0 aliphatic carbocycles. The van der Waals surface area contributed by atoms with Crippen LogP contribution in [-0.2, 0) is 11.3 Å². The van der Waals surface area contributed by atoms with Crippen LogP contribution in [0.5, 0.6) is 0 Å². The van der Waals surface area contributed by atoms with E-state index in [2.05, 4.69) is 5.32 Å². The molecule has 1 aromatic rings. The third kappa shape index (κ3) is 3.48. The third-order valence-electron chi connectivity index (χ3n) is 3.66. The van der Waals surface area contributed by atoms with Crippen LogP contribution in [0.25, 0.3) is 0 Å². The highest BCUT2D eigenvalue weighted by molar-refractivity contribution is 5.77. The Morgan fingerprint density at radius 2 is 2.10 bits per heavy atom. The van der Waals surface area contributed by atoms with E-state index in [4.69, 9.17) is 5.11 Å². The number of nitrogens with one attached hydrogen (secondary N) is 1. The number of rotatable bonds is 3. The summed E-state index contributed by atoms with van der Waals surface area (Å²) in [6, 6.07) is 2.68. The topological polar surface area (TPSA) is 69.6 Å². The molecule has 1 aliphatic rings. The van der Waals surface area contributed by atoms with E-state index in [1.165, 1.54) is 11.0 Å². The van der Waals surface area contributed by atoms with Gasteiger partial charge in [-0.15, -0.1) is 0 Å². The SMILES string of the molecule is CC1CN(C(=O)NCc2ccc(F)cc2F)CC1C(=O)O. The molecule has 0 aromatic heterocycles. The van der Waals surface area contributed by atoms with Crippen molar-refractivity contribution >= 4 is 12.0 Å². The van der Waals surface area contributed by atoms with E-state index in [-0.39, 0.29) is 24.6 Å². The van der Waals surface area contributed by atoms with Crippen LogP contribution in [0.4, 0.5) is 13.6 Å². The summed E-state index contributed by atoms with van der Waals surface area (Å²) in [5, 5.41) is 11.5. The number of hydrogen-bond donors (Lipinski definition) is 2. The van der Waals surface area contributed by atoms with Gasteiger partial charge in [-0.3, -0.25) is 4.79 Å². The molecule has 2 rings (SSSR count). The minimum atomic E-state index is -0.928. The van der Waals surface area contributed by atoms with E-state index < -0.39 is 29.6 Å². The minimum Gasteiger partial charge on any atom is -0.481 e. The number of benzene rings is 1. The second kappa shape index (κ2) is 6.07. The molecule has 1 saturated heterocycles. The summed E-state index contributed by atoms with van der Waals surface area (Å²) >= 11 is 0. The lowest BCUT2D eigenvalue weighted by molar-refractivity contribution is -0.142. The number of nitrogens with zero attached hydrogens (tertiary/aromatic N) is 1. The van der Waals surface area contributed by atoms with Crippen LogP contribution < -0.4 is 5.32 Å². The van der Waals surface area contributed by atoms with Gasteiger partial charge in [-0.2, -0.15) is 0 Å². The molecule has 2 N–H and O–H groups in total. The van der Waals surface area contributed by atoms with Crippen LogP contribution in [-0.4, -0.2) is 35.1 Å². The highest BCUT2D eigenvalue weighted by atomic mass is 19.1. The number of carbonyl (C=O) groups excluding carboxylic acids is 1. The highest BCUT2D eigenvalue weighted by Crippen LogP contribution is 2.23. The minimum absolute atomic E-state index is 0.0758. The van der Waals surface area contributed by atoms with Crippen LogP contribution in [0, 0.1) is 23.5 Å². The average molecular weight is 298 g/mol. The zero-order chi connectivity index (χ0) is 15.6. The number of aliphatic carboxylic acids is 1. The molecule has 2 unspecified atom stereocenters. The third-order valence-corrected chi connectivity index (χ3v) is 3.66. The number of halogens is 2. The van der Waals surface area contributed by atoms with E-state index in [1.807, 2.05) is 0 Å². The molecule has 1 heterocycles. The lowest BCUT2D eigenvalue weighted by Crippen LogP contribution is -2.38. The fourth-order valence-corrected chi connectivity index (χ4v) is 2.40. The summed E-state index contributed by atoms with van der Waals surface area (Å²) in [4.78, 5) is 24.3. The largest absolute Gasteiger partial charge is 0.481 e. The van der Waals surface area contributed by atoms with Crippen LogP contribution in [0.1, 0.15) is 12.5 Å². The summed E-state index contributed by atoms with van der Waals surface area (Å²) in [7, 11) is 0. The lowest BCUT2D eigenvalue weighted by atomic mass is 9.99. The van der Waals surface area contributed by atoms with Gasteiger partial charge in [0.2, 0.25) is 0 Å². The van der Waals surface area contributed by atoms with Gasteiger partial charge >= 0.3 is 12.0 Å². The summed E-state index contributed by atoms with van der Waals surface area (Å²) < 4.78 is 26.2. The average Bonchev–Trinajstić information content (AvgIpc) is 2.80. The molecule has 0 bridgehead atoms. The van der Waals surface area contributed by atoms with Crippen molar-refractivity contribution in [2.75, 3.05) is 13.1 Å². The predicted octanol–water partition coefficient (Wildman–Crippen LogP) is 1.83. The van der Waals surface area contributed by atoms with Gasteiger partial charge in [0.15, 0.2) is 0 Å². The maximum absolute atomic E-state index is 13.4. The maximum atomic E-state index is 13.4. The van der Waals surface area contributed by atoms with Gasteiger partial charge in [-0.05, 0) is 12.0 Å². The zero-order valence-electron chi connectivity index (χ0n) is 11.5. The van der Waals surface area contributed by atoms with Gasteiger partial charge in [-0.1, -0.05) is 13.0 Å². The summed E-state index contributed by atoms with van der Waals surface area (Å²) in [5.74, 6) is -3.05. The molecule has 21 heavy (non-hydrogen) atoms. The molecule has 114 valence electrons. The van der Waals surface area contributed by atoms with Gasteiger partial charge in [0.1, 0.15) is 11.6 Å². The van der Waals surface area contributed by atoms with Crippen molar-refractivity contribution in [3.05, 3.63) is 35.4 Å². The van der Waals surface area contributed by atoms with E-state index in [0.717, 1.165) is 12.1 Å². The van der Waals surface area contributed by atoms with Crippen molar-refractivity contribution in [3.8, 4) is 0 Å². The molecule has 2 atom stereocenters. The summed E-state index contributed by atoms with van der Waals surface area (Å²) in [5.41, 5.74) is 0.173. The van der Waals surface area contributed by atoms with Gasteiger partial charge in [0.25, 0.3) is 0 Å². The maximum Gasteiger partial charge on any atom is 0.317 e. The van der Waals surface area contributed by atoms with Crippen molar-refractivity contribution in [1.82, 2.24) is 10.2 Å². The first-order chi connectivity index (χ1) is 9.88. The number of carboxylic acids is 1. The molecule has 2 amide bonds.